The second-order valence-corrected chi connectivity index (χ2v) is 6.74. The van der Waals surface area contributed by atoms with Crippen LogP contribution in [0.1, 0.15) is 51.9 Å². The zero-order valence-electron chi connectivity index (χ0n) is 13.0. The van der Waals surface area contributed by atoms with Gasteiger partial charge in [-0.05, 0) is 31.1 Å². The molecule has 0 aromatic carbocycles. The molecule has 2 amide bonds. The minimum Gasteiger partial charge on any atom is -0.334 e. The predicted molar refractivity (Wildman–Crippen MR) is 80.7 cm³/mol. The van der Waals surface area contributed by atoms with Gasteiger partial charge in [-0.25, -0.2) is 5.01 Å². The molecule has 3 atom stereocenters. The third-order valence-corrected chi connectivity index (χ3v) is 5.45. The summed E-state index contributed by atoms with van der Waals surface area (Å²) < 4.78 is 0. The molecule has 0 radical (unpaired) electrons. The summed E-state index contributed by atoms with van der Waals surface area (Å²) in [6, 6.07) is 0.389. The van der Waals surface area contributed by atoms with Gasteiger partial charge < -0.3 is 4.90 Å². The number of amides is 2. The molecule has 5 nitrogen and oxygen atoms in total. The van der Waals surface area contributed by atoms with Gasteiger partial charge in [0.2, 0.25) is 5.91 Å². The third-order valence-electron chi connectivity index (χ3n) is 5.45. The summed E-state index contributed by atoms with van der Waals surface area (Å²) in [5.74, 6) is 1.43. The van der Waals surface area contributed by atoms with Crippen molar-refractivity contribution in [3.8, 4) is 0 Å². The quantitative estimate of drug-likeness (QED) is 0.742. The normalized spacial score (nSPS) is 33.5. The minimum atomic E-state index is -0.00522. The number of carbonyl (C=O) groups excluding carboxylic acids is 2. The molecule has 2 fully saturated rings. The molecule has 3 rings (SSSR count). The first kappa shape index (κ1) is 14.5. The molecule has 1 aliphatic carbocycles. The Morgan fingerprint density at radius 3 is 2.71 bits per heavy atom. The summed E-state index contributed by atoms with van der Waals surface area (Å²) in [4.78, 5) is 26.4. The van der Waals surface area contributed by atoms with Gasteiger partial charge in [0, 0.05) is 32.5 Å². The Morgan fingerprint density at radius 2 is 1.95 bits per heavy atom. The van der Waals surface area contributed by atoms with Crippen LogP contribution in [-0.2, 0) is 9.59 Å². The highest BCUT2D eigenvalue weighted by molar-refractivity contribution is 6.39. The Labute approximate surface area is 126 Å². The second-order valence-electron chi connectivity index (χ2n) is 6.74. The largest absolute Gasteiger partial charge is 0.334 e. The average Bonchev–Trinajstić information content (AvgIpc) is 2.50. The van der Waals surface area contributed by atoms with E-state index in [0.717, 1.165) is 25.3 Å². The zero-order chi connectivity index (χ0) is 15.0. The molecule has 0 spiro atoms. The monoisotopic (exact) mass is 291 g/mol. The molecule has 0 unspecified atom stereocenters. The first-order chi connectivity index (χ1) is 10.1. The molecule has 5 heteroatoms. The number of hydrogen-bond donors (Lipinski definition) is 0. The van der Waals surface area contributed by atoms with Crippen LogP contribution in [0, 0.1) is 11.8 Å². The summed E-state index contributed by atoms with van der Waals surface area (Å²) in [5.41, 5.74) is 0.566. The lowest BCUT2D eigenvalue weighted by Gasteiger charge is -2.47. The smallest absolute Gasteiger partial charge is 0.270 e. The van der Waals surface area contributed by atoms with Crippen LogP contribution < -0.4 is 0 Å². The Balaban J connectivity index is 1.77. The Hall–Kier alpha value is -1.39. The molecule has 116 valence electrons. The van der Waals surface area contributed by atoms with E-state index in [0.29, 0.717) is 30.5 Å². The fourth-order valence-corrected chi connectivity index (χ4v) is 4.15. The van der Waals surface area contributed by atoms with E-state index in [1.165, 1.54) is 24.3 Å². The highest BCUT2D eigenvalue weighted by Gasteiger charge is 2.40. The molecule has 0 bridgehead atoms. The van der Waals surface area contributed by atoms with E-state index in [9.17, 15) is 9.59 Å². The third kappa shape index (κ3) is 2.70. The van der Waals surface area contributed by atoms with Crippen molar-refractivity contribution in [3.63, 3.8) is 0 Å². The predicted octanol–water partition coefficient (Wildman–Crippen LogP) is 2.02. The van der Waals surface area contributed by atoms with E-state index in [-0.39, 0.29) is 11.8 Å². The van der Waals surface area contributed by atoms with Crippen LogP contribution in [-0.4, -0.2) is 47.1 Å². The molecule has 1 saturated carbocycles. The van der Waals surface area contributed by atoms with Gasteiger partial charge in [0.1, 0.15) is 5.71 Å². The lowest BCUT2D eigenvalue weighted by atomic mass is 9.72. The van der Waals surface area contributed by atoms with Gasteiger partial charge in [0.15, 0.2) is 0 Å². The van der Waals surface area contributed by atoms with Crippen molar-refractivity contribution < 1.29 is 9.59 Å². The molecule has 1 saturated heterocycles. The molecule has 2 heterocycles. The fraction of sp³-hybridized carbons (Fsp3) is 0.812. The molecule has 0 aromatic rings. The van der Waals surface area contributed by atoms with Crippen molar-refractivity contribution in [2.45, 2.75) is 57.9 Å². The average molecular weight is 291 g/mol. The number of fused-ring (bicyclic) bond motifs is 1. The van der Waals surface area contributed by atoms with Gasteiger partial charge in [0.05, 0.1) is 0 Å². The number of nitrogens with zero attached hydrogens (tertiary/aromatic N) is 3. The summed E-state index contributed by atoms with van der Waals surface area (Å²) in [5, 5.41) is 5.53. The maximum atomic E-state index is 12.8. The van der Waals surface area contributed by atoms with Crippen LogP contribution in [0.2, 0.25) is 0 Å². The molecule has 3 aliphatic rings. The summed E-state index contributed by atoms with van der Waals surface area (Å²) in [7, 11) is 1.64. The van der Waals surface area contributed by atoms with Crippen molar-refractivity contribution >= 4 is 17.5 Å². The number of piperidine rings is 1. The van der Waals surface area contributed by atoms with E-state index in [2.05, 4.69) is 16.9 Å². The first-order valence-electron chi connectivity index (χ1n) is 8.23. The van der Waals surface area contributed by atoms with Gasteiger partial charge in [-0.15, -0.1) is 0 Å². The van der Waals surface area contributed by atoms with E-state index < -0.39 is 0 Å². The second kappa shape index (κ2) is 5.78. The Kier molecular flexibility index (Phi) is 4.00. The summed E-state index contributed by atoms with van der Waals surface area (Å²) in [6.07, 6.45) is 6.89. The molecular formula is C16H25N3O2. The standard InChI is InChI=1S/C16H25N3O2/c1-11-9-10-19(14-6-4-3-5-12(11)14)16(21)13-7-8-15(20)18(2)17-13/h11-12,14H,3-10H2,1-2H3/t11-,12-,14+/m1/s1. The van der Waals surface area contributed by atoms with Crippen LogP contribution in [0.3, 0.4) is 0 Å². The van der Waals surface area contributed by atoms with Crippen LogP contribution >= 0.6 is 0 Å². The van der Waals surface area contributed by atoms with Crippen LogP contribution in [0.5, 0.6) is 0 Å². The minimum absolute atomic E-state index is 0.00522. The highest BCUT2D eigenvalue weighted by atomic mass is 16.2. The van der Waals surface area contributed by atoms with Crippen LogP contribution in [0.15, 0.2) is 5.10 Å². The van der Waals surface area contributed by atoms with Crippen molar-refractivity contribution in [1.82, 2.24) is 9.91 Å². The maximum absolute atomic E-state index is 12.8. The highest BCUT2D eigenvalue weighted by Crippen LogP contribution is 2.39. The van der Waals surface area contributed by atoms with Crippen LogP contribution in [0.4, 0.5) is 0 Å². The first-order valence-corrected chi connectivity index (χ1v) is 8.23. The topological polar surface area (TPSA) is 53.0 Å². The number of likely N-dealkylation sites (tertiary alicyclic amines) is 1. The number of hydrogen-bond acceptors (Lipinski definition) is 3. The van der Waals surface area contributed by atoms with Crippen molar-refractivity contribution in [3.05, 3.63) is 0 Å². The van der Waals surface area contributed by atoms with Gasteiger partial charge in [-0.1, -0.05) is 19.8 Å². The number of carbonyl (C=O) groups is 2. The van der Waals surface area contributed by atoms with E-state index in [1.807, 2.05) is 0 Å². The van der Waals surface area contributed by atoms with E-state index >= 15 is 0 Å². The maximum Gasteiger partial charge on any atom is 0.270 e. The SMILES string of the molecule is C[C@@H]1CCN(C(=O)C2=NN(C)C(=O)CC2)[C@H]2CCCC[C@H]12. The van der Waals surface area contributed by atoms with Crippen molar-refractivity contribution in [2.24, 2.45) is 16.9 Å². The Morgan fingerprint density at radius 1 is 1.19 bits per heavy atom. The molecule has 0 aromatic heterocycles. The molecule has 2 aliphatic heterocycles. The number of rotatable bonds is 1. The van der Waals surface area contributed by atoms with E-state index in [4.69, 9.17) is 0 Å². The summed E-state index contributed by atoms with van der Waals surface area (Å²) in [6.45, 7) is 3.17. The van der Waals surface area contributed by atoms with Crippen molar-refractivity contribution in [1.29, 1.82) is 0 Å². The molecular weight excluding hydrogens is 266 g/mol. The molecule has 21 heavy (non-hydrogen) atoms. The zero-order valence-corrected chi connectivity index (χ0v) is 13.0. The van der Waals surface area contributed by atoms with Crippen LogP contribution in [0.25, 0.3) is 0 Å². The van der Waals surface area contributed by atoms with Gasteiger partial charge in [-0.3, -0.25) is 9.59 Å². The number of hydrazone groups is 1. The summed E-state index contributed by atoms with van der Waals surface area (Å²) >= 11 is 0. The Bertz CT molecular complexity index is 474. The van der Waals surface area contributed by atoms with Gasteiger partial charge >= 0.3 is 0 Å². The van der Waals surface area contributed by atoms with E-state index in [1.54, 1.807) is 7.05 Å². The fourth-order valence-electron chi connectivity index (χ4n) is 4.15. The van der Waals surface area contributed by atoms with Gasteiger partial charge in [-0.2, -0.15) is 5.10 Å². The van der Waals surface area contributed by atoms with Gasteiger partial charge in [0.25, 0.3) is 5.91 Å². The molecule has 0 N–H and O–H groups in total. The van der Waals surface area contributed by atoms with Crippen molar-refractivity contribution in [2.75, 3.05) is 13.6 Å². The lowest BCUT2D eigenvalue weighted by Crippen LogP contribution is -2.54. The lowest BCUT2D eigenvalue weighted by molar-refractivity contribution is -0.133.